The molecule has 1 unspecified atom stereocenters. The van der Waals surface area contributed by atoms with Crippen molar-refractivity contribution in [1.29, 1.82) is 0 Å². The smallest absolute Gasteiger partial charge is 0.334 e. The fourth-order valence-corrected chi connectivity index (χ4v) is 3.91. The first-order chi connectivity index (χ1) is 13.8. The van der Waals surface area contributed by atoms with Crippen LogP contribution >= 0.6 is 22.9 Å². The number of imidazole rings is 1. The Morgan fingerprint density at radius 2 is 1.93 bits per heavy atom. The van der Waals surface area contributed by atoms with Gasteiger partial charge in [-0.05, 0) is 18.2 Å². The predicted molar refractivity (Wildman–Crippen MR) is 104 cm³/mol. The fraction of sp³-hybridized carbons (Fsp3) is 0.105. The van der Waals surface area contributed by atoms with Crippen LogP contribution in [0.4, 0.5) is 13.2 Å². The molecule has 4 aromatic rings. The summed E-state index contributed by atoms with van der Waals surface area (Å²) >= 11 is 7.33. The van der Waals surface area contributed by atoms with Gasteiger partial charge in [0.2, 0.25) is 0 Å². The summed E-state index contributed by atoms with van der Waals surface area (Å²) in [5, 5.41) is 3.97. The molecule has 10 heteroatoms. The first kappa shape index (κ1) is 19.4. The number of alkyl halides is 3. The molecule has 1 amide bonds. The van der Waals surface area contributed by atoms with Gasteiger partial charge in [-0.25, -0.2) is 4.98 Å². The predicted octanol–water partition coefficient (Wildman–Crippen LogP) is 5.14. The molecule has 0 aliphatic carbocycles. The van der Waals surface area contributed by atoms with E-state index in [1.54, 1.807) is 30.5 Å². The number of nitrogens with one attached hydrogen (secondary N) is 1. The van der Waals surface area contributed by atoms with E-state index in [0.29, 0.717) is 21.2 Å². The number of benzene rings is 1. The van der Waals surface area contributed by atoms with Gasteiger partial charge in [0, 0.05) is 23.3 Å². The first-order valence-corrected chi connectivity index (χ1v) is 9.60. The second-order valence-corrected chi connectivity index (χ2v) is 7.33. The molecule has 4 rings (SSSR count). The number of fused-ring (bicyclic) bond motifs is 1. The van der Waals surface area contributed by atoms with E-state index in [0.717, 1.165) is 11.3 Å². The molecule has 0 fully saturated rings. The van der Waals surface area contributed by atoms with E-state index < -0.39 is 18.1 Å². The number of rotatable bonds is 4. The summed E-state index contributed by atoms with van der Waals surface area (Å²) in [6.07, 6.45) is -1.88. The summed E-state index contributed by atoms with van der Waals surface area (Å²) in [5.74, 6) is -0.882. The highest BCUT2D eigenvalue weighted by Crippen LogP contribution is 2.33. The van der Waals surface area contributed by atoms with Crippen LogP contribution in [0, 0.1) is 0 Å². The summed E-state index contributed by atoms with van der Waals surface area (Å²) < 4.78 is 42.0. The van der Waals surface area contributed by atoms with Gasteiger partial charge in [0.15, 0.2) is 11.0 Å². The minimum atomic E-state index is -4.70. The van der Waals surface area contributed by atoms with Gasteiger partial charge in [-0.2, -0.15) is 13.2 Å². The average Bonchev–Trinajstić information content (AvgIpc) is 3.27. The summed E-state index contributed by atoms with van der Waals surface area (Å²) in [6.45, 7) is 0. The molecular formula is C19H12ClF3N4OS. The van der Waals surface area contributed by atoms with Crippen molar-refractivity contribution in [3.8, 4) is 11.3 Å². The number of aromatic nitrogens is 3. The van der Waals surface area contributed by atoms with Crippen molar-refractivity contribution in [1.82, 2.24) is 19.7 Å². The Morgan fingerprint density at radius 3 is 2.62 bits per heavy atom. The molecule has 0 radical (unpaired) electrons. The van der Waals surface area contributed by atoms with E-state index in [1.165, 1.54) is 34.2 Å². The summed E-state index contributed by atoms with van der Waals surface area (Å²) in [6, 6.07) is 8.98. The highest BCUT2D eigenvalue weighted by atomic mass is 35.5. The molecule has 0 spiro atoms. The van der Waals surface area contributed by atoms with E-state index in [-0.39, 0.29) is 11.4 Å². The van der Waals surface area contributed by atoms with Crippen LogP contribution < -0.4 is 5.32 Å². The maximum Gasteiger partial charge on any atom is 0.414 e. The number of carbonyl (C=O) groups excluding carboxylic acids is 1. The Labute approximate surface area is 171 Å². The minimum absolute atomic E-state index is 0.0426. The standard InChI is InChI=1S/C19H12ClF3N4OS/c20-12-6-2-1-5-11(12)14-9-27-15(10-29-18(27)25-14)17(28)26-16(19(21,22)23)13-7-3-4-8-24-13/h1-10,16H,(H,26,28). The van der Waals surface area contributed by atoms with Crippen LogP contribution in [0.15, 0.2) is 60.2 Å². The number of amides is 1. The molecule has 3 aromatic heterocycles. The summed E-state index contributed by atoms with van der Waals surface area (Å²) in [4.78, 5) is 21.3. The van der Waals surface area contributed by atoms with Crippen LogP contribution in [0.5, 0.6) is 0 Å². The number of carbonyl (C=O) groups is 1. The van der Waals surface area contributed by atoms with Gasteiger partial charge >= 0.3 is 6.18 Å². The largest absolute Gasteiger partial charge is 0.414 e. The maximum absolute atomic E-state index is 13.5. The Morgan fingerprint density at radius 1 is 1.17 bits per heavy atom. The van der Waals surface area contributed by atoms with E-state index in [1.807, 2.05) is 5.32 Å². The molecule has 0 aliphatic heterocycles. The Kier molecular flexibility index (Phi) is 5.01. The molecule has 148 valence electrons. The lowest BCUT2D eigenvalue weighted by Crippen LogP contribution is -2.39. The molecule has 1 N–H and O–H groups in total. The minimum Gasteiger partial charge on any atom is -0.334 e. The SMILES string of the molecule is O=C(NC(c1ccccn1)C(F)(F)F)c1csc2nc(-c3ccccc3Cl)cn12. The van der Waals surface area contributed by atoms with Gasteiger partial charge in [-0.15, -0.1) is 11.3 Å². The van der Waals surface area contributed by atoms with Crippen molar-refractivity contribution < 1.29 is 18.0 Å². The molecular weight excluding hydrogens is 425 g/mol. The van der Waals surface area contributed by atoms with E-state index in [2.05, 4.69) is 9.97 Å². The fourth-order valence-electron chi connectivity index (χ4n) is 2.82. The monoisotopic (exact) mass is 436 g/mol. The molecule has 0 aliphatic rings. The Bertz CT molecular complexity index is 1170. The quantitative estimate of drug-likeness (QED) is 0.481. The Balaban J connectivity index is 1.67. The van der Waals surface area contributed by atoms with Crippen LogP contribution in [0.2, 0.25) is 5.02 Å². The highest BCUT2D eigenvalue weighted by Gasteiger charge is 2.43. The summed E-state index contributed by atoms with van der Waals surface area (Å²) in [5.41, 5.74) is 0.940. The lowest BCUT2D eigenvalue weighted by Gasteiger charge is -2.20. The average molecular weight is 437 g/mol. The number of nitrogens with zero attached hydrogens (tertiary/aromatic N) is 3. The van der Waals surface area contributed by atoms with Crippen molar-refractivity contribution in [2.24, 2.45) is 0 Å². The van der Waals surface area contributed by atoms with Crippen LogP contribution in [0.3, 0.4) is 0 Å². The van der Waals surface area contributed by atoms with Gasteiger partial charge < -0.3 is 5.32 Å². The van der Waals surface area contributed by atoms with Gasteiger partial charge in [0.25, 0.3) is 5.91 Å². The van der Waals surface area contributed by atoms with Crippen molar-refractivity contribution in [3.63, 3.8) is 0 Å². The topological polar surface area (TPSA) is 59.3 Å². The second-order valence-electron chi connectivity index (χ2n) is 6.08. The van der Waals surface area contributed by atoms with Crippen LogP contribution in [-0.4, -0.2) is 26.5 Å². The van der Waals surface area contributed by atoms with Crippen molar-refractivity contribution in [2.75, 3.05) is 0 Å². The molecule has 1 aromatic carbocycles. The van der Waals surface area contributed by atoms with E-state index in [9.17, 15) is 18.0 Å². The zero-order valence-corrected chi connectivity index (χ0v) is 16.1. The van der Waals surface area contributed by atoms with Crippen LogP contribution in [0.1, 0.15) is 22.2 Å². The van der Waals surface area contributed by atoms with Crippen molar-refractivity contribution in [3.05, 3.63) is 76.6 Å². The summed E-state index contributed by atoms with van der Waals surface area (Å²) in [7, 11) is 0. The molecule has 1 atom stereocenters. The second kappa shape index (κ2) is 7.49. The molecule has 0 saturated heterocycles. The third-order valence-corrected chi connectivity index (χ3v) is 5.35. The molecule has 29 heavy (non-hydrogen) atoms. The van der Waals surface area contributed by atoms with Gasteiger partial charge in [0.05, 0.1) is 16.4 Å². The maximum atomic E-state index is 13.5. The zero-order valence-electron chi connectivity index (χ0n) is 14.5. The third kappa shape index (κ3) is 3.83. The van der Waals surface area contributed by atoms with E-state index >= 15 is 0 Å². The van der Waals surface area contributed by atoms with E-state index in [4.69, 9.17) is 11.6 Å². The normalized spacial score (nSPS) is 12.8. The highest BCUT2D eigenvalue weighted by molar-refractivity contribution is 7.15. The zero-order chi connectivity index (χ0) is 20.6. The number of halogens is 4. The number of pyridine rings is 1. The van der Waals surface area contributed by atoms with Crippen LogP contribution in [-0.2, 0) is 0 Å². The van der Waals surface area contributed by atoms with Crippen molar-refractivity contribution >= 4 is 33.8 Å². The van der Waals surface area contributed by atoms with Crippen molar-refractivity contribution in [2.45, 2.75) is 12.2 Å². The van der Waals surface area contributed by atoms with Gasteiger partial charge in [0.1, 0.15) is 5.69 Å². The molecule has 3 heterocycles. The lowest BCUT2D eigenvalue weighted by molar-refractivity contribution is -0.156. The first-order valence-electron chi connectivity index (χ1n) is 8.34. The molecule has 0 saturated carbocycles. The lowest BCUT2D eigenvalue weighted by atomic mass is 10.1. The van der Waals surface area contributed by atoms with Gasteiger partial charge in [-0.3, -0.25) is 14.2 Å². The number of hydrogen-bond acceptors (Lipinski definition) is 4. The number of hydrogen-bond donors (Lipinski definition) is 1. The number of thiazole rings is 1. The molecule has 0 bridgehead atoms. The van der Waals surface area contributed by atoms with Crippen LogP contribution in [0.25, 0.3) is 16.2 Å². The third-order valence-electron chi connectivity index (χ3n) is 4.18. The molecule has 5 nitrogen and oxygen atoms in total. The Hall–Kier alpha value is -2.91. The van der Waals surface area contributed by atoms with Gasteiger partial charge in [-0.1, -0.05) is 35.9 Å².